The van der Waals surface area contributed by atoms with Crippen LogP contribution in [0.4, 0.5) is 0 Å². The van der Waals surface area contributed by atoms with E-state index in [4.69, 9.17) is 11.5 Å². The molecule has 0 bridgehead atoms. The summed E-state index contributed by atoms with van der Waals surface area (Å²) in [7, 11) is 0. The lowest BCUT2D eigenvalue weighted by atomic mass is 9.32. The molecule has 11 heteroatoms. The number of hydrogen-bond donors (Lipinski definition) is 7. The van der Waals surface area contributed by atoms with Crippen molar-refractivity contribution < 1.29 is 34.5 Å². The number of fused-ring (bicyclic) bond motifs is 7. The molecule has 2 amide bonds. The minimum Gasteiger partial charge on any atom is -0.480 e. The van der Waals surface area contributed by atoms with Gasteiger partial charge in [-0.05, 0) is 176 Å². The molecule has 5 rings (SSSR count). The summed E-state index contributed by atoms with van der Waals surface area (Å²) >= 11 is 0. The number of aliphatic carboxylic acids is 2. The van der Waals surface area contributed by atoms with Gasteiger partial charge in [0.2, 0.25) is 11.8 Å². The zero-order chi connectivity index (χ0) is 39.1. The molecule has 0 heterocycles. The van der Waals surface area contributed by atoms with E-state index in [-0.39, 0.29) is 57.6 Å². The Labute approximate surface area is 317 Å². The number of unbranched alkanes of at least 4 members (excludes halogenated alkanes) is 2. The maximum Gasteiger partial charge on any atom is 0.326 e. The third kappa shape index (κ3) is 6.76. The van der Waals surface area contributed by atoms with Crippen LogP contribution in [0.25, 0.3) is 0 Å². The molecular weight excluding hydrogens is 672 g/mol. The second-order valence-corrected chi connectivity index (χ2v) is 19.0. The highest BCUT2D eigenvalue weighted by Gasteiger charge is 2.73. The van der Waals surface area contributed by atoms with Crippen LogP contribution in [0, 0.1) is 56.7 Å². The van der Waals surface area contributed by atoms with E-state index in [1.54, 1.807) is 0 Å². The molecule has 53 heavy (non-hydrogen) atoms. The molecule has 0 saturated heterocycles. The van der Waals surface area contributed by atoms with Crippen molar-refractivity contribution in [2.75, 3.05) is 13.1 Å². The SMILES string of the molecule is C=C(C)[C@@H]1CC[C@]2(C(=O)N[C@@H](CCCCN)C(=O)O)CC[C@]3(C)[C@H](CC[C@@H]4[C@@]5(C)CC[C@@H](O)[C@@](C)(C(=O)N[C@@H](CCCCN)C(=O)O)[C@@H]5CC[C@]43C)[C@@H]12. The monoisotopic (exact) mass is 743 g/mol. The van der Waals surface area contributed by atoms with Crippen molar-refractivity contribution in [3.8, 4) is 0 Å². The average Bonchev–Trinajstić information content (AvgIpc) is 3.51. The molecular formula is C42H70N4O7. The lowest BCUT2D eigenvalue weighted by Crippen LogP contribution is -2.69. The Kier molecular flexibility index (Phi) is 12.2. The maximum atomic E-state index is 14.5. The first-order valence-corrected chi connectivity index (χ1v) is 20.7. The van der Waals surface area contributed by atoms with Gasteiger partial charge in [-0.25, -0.2) is 9.59 Å². The van der Waals surface area contributed by atoms with Crippen LogP contribution >= 0.6 is 0 Å². The Morgan fingerprint density at radius 3 is 1.85 bits per heavy atom. The number of nitrogens with two attached hydrogens (primary N) is 2. The summed E-state index contributed by atoms with van der Waals surface area (Å²) in [6.45, 7) is 16.6. The third-order valence-electron chi connectivity index (χ3n) is 16.7. The molecule has 13 atom stereocenters. The summed E-state index contributed by atoms with van der Waals surface area (Å²) in [5.41, 5.74) is 10.2. The predicted octanol–water partition coefficient (Wildman–Crippen LogP) is 5.38. The van der Waals surface area contributed by atoms with Gasteiger partial charge in [-0.1, -0.05) is 32.9 Å². The fourth-order valence-electron chi connectivity index (χ4n) is 13.6. The van der Waals surface area contributed by atoms with Crippen LogP contribution in [0.2, 0.25) is 0 Å². The molecule has 0 aliphatic heterocycles. The number of allylic oxidation sites excluding steroid dienone is 1. The first-order valence-electron chi connectivity index (χ1n) is 20.7. The molecule has 0 aromatic rings. The van der Waals surface area contributed by atoms with Crippen LogP contribution in [0.5, 0.6) is 0 Å². The summed E-state index contributed by atoms with van der Waals surface area (Å²) in [6, 6.07) is -1.96. The van der Waals surface area contributed by atoms with E-state index in [0.717, 1.165) is 56.9 Å². The highest BCUT2D eigenvalue weighted by atomic mass is 16.4. The molecule has 0 aromatic heterocycles. The average molecular weight is 743 g/mol. The van der Waals surface area contributed by atoms with E-state index < -0.39 is 41.0 Å². The fraction of sp³-hybridized carbons (Fsp3) is 0.857. The number of hydrogen-bond acceptors (Lipinski definition) is 7. The summed E-state index contributed by atoms with van der Waals surface area (Å²) in [5, 5.41) is 37.6. The molecule has 9 N–H and O–H groups in total. The van der Waals surface area contributed by atoms with Crippen LogP contribution in [-0.2, 0) is 19.2 Å². The Morgan fingerprint density at radius 1 is 0.717 bits per heavy atom. The number of aliphatic hydroxyl groups is 1. The maximum absolute atomic E-state index is 14.5. The van der Waals surface area contributed by atoms with Gasteiger partial charge in [0.05, 0.1) is 16.9 Å². The Bertz CT molecular complexity index is 1420. The first kappa shape index (κ1) is 41.7. The van der Waals surface area contributed by atoms with Crippen molar-refractivity contribution in [3.05, 3.63) is 12.2 Å². The molecule has 0 aromatic carbocycles. The normalized spacial score (nSPS) is 41.4. The minimum atomic E-state index is -1.13. The topological polar surface area (TPSA) is 205 Å². The summed E-state index contributed by atoms with van der Waals surface area (Å²) < 4.78 is 0. The van der Waals surface area contributed by atoms with Crippen molar-refractivity contribution in [1.29, 1.82) is 0 Å². The van der Waals surface area contributed by atoms with E-state index in [1.807, 2.05) is 6.92 Å². The summed E-state index contributed by atoms with van der Waals surface area (Å²) in [5.74, 6) is -1.88. The van der Waals surface area contributed by atoms with Gasteiger partial charge in [0, 0.05) is 0 Å². The van der Waals surface area contributed by atoms with E-state index in [2.05, 4.69) is 44.9 Å². The van der Waals surface area contributed by atoms with E-state index in [9.17, 15) is 34.5 Å². The number of aliphatic hydroxyl groups excluding tert-OH is 1. The lowest BCUT2D eigenvalue weighted by Gasteiger charge is -2.72. The number of amides is 2. The Hall–Kier alpha value is -2.50. The second-order valence-electron chi connectivity index (χ2n) is 19.0. The molecule has 5 fully saturated rings. The zero-order valence-corrected chi connectivity index (χ0v) is 33.2. The molecule has 5 aliphatic rings. The summed E-state index contributed by atoms with van der Waals surface area (Å²) in [4.78, 5) is 53.3. The van der Waals surface area contributed by atoms with Gasteiger partial charge in [-0.15, -0.1) is 0 Å². The van der Waals surface area contributed by atoms with Gasteiger partial charge in [0.25, 0.3) is 0 Å². The first-order chi connectivity index (χ1) is 24.9. The van der Waals surface area contributed by atoms with E-state index >= 15 is 0 Å². The van der Waals surface area contributed by atoms with Crippen molar-refractivity contribution in [3.63, 3.8) is 0 Å². The molecule has 300 valence electrons. The molecule has 0 unspecified atom stereocenters. The third-order valence-corrected chi connectivity index (χ3v) is 16.7. The second kappa shape index (κ2) is 15.6. The largest absolute Gasteiger partial charge is 0.480 e. The number of carbonyl (C=O) groups excluding carboxylic acids is 2. The lowest BCUT2D eigenvalue weighted by molar-refractivity contribution is -0.246. The van der Waals surface area contributed by atoms with Crippen molar-refractivity contribution >= 4 is 23.8 Å². The van der Waals surface area contributed by atoms with Gasteiger partial charge in [0.1, 0.15) is 12.1 Å². The van der Waals surface area contributed by atoms with Crippen LogP contribution in [0.15, 0.2) is 12.2 Å². The standard InChI is InChI=1S/C42H70N4O7/c1-25(2)26-15-20-42(37(53)46-29(35(50)51)12-8-10-24-44)22-21-39(4)27(33(26)42)13-14-30-38(3)18-17-32(47)41(6,31(38)16-19-40(30,39)5)36(52)45-28(34(48)49)11-7-9-23-43/h26-33,47H,1,7-24,43-44H2,2-6H3,(H,45,52)(H,46,53)(H,48,49)(H,50,51)/t26-,27+,28-,29-,30+,31+,32+,33+,38+,39+,40+,41-,42-/m0/s1. The Morgan fingerprint density at radius 2 is 1.30 bits per heavy atom. The molecule has 0 radical (unpaired) electrons. The van der Waals surface area contributed by atoms with Crippen LogP contribution in [0.3, 0.4) is 0 Å². The highest BCUT2D eigenvalue weighted by Crippen LogP contribution is 2.77. The van der Waals surface area contributed by atoms with Gasteiger partial charge in [-0.2, -0.15) is 0 Å². The number of carboxylic acid groups (broad SMARTS) is 2. The van der Waals surface area contributed by atoms with Crippen molar-refractivity contribution in [2.24, 2.45) is 68.1 Å². The molecule has 5 saturated carbocycles. The number of rotatable bonds is 15. The number of carboxylic acids is 2. The predicted molar refractivity (Wildman–Crippen MR) is 204 cm³/mol. The van der Waals surface area contributed by atoms with E-state index in [0.29, 0.717) is 64.5 Å². The van der Waals surface area contributed by atoms with E-state index in [1.165, 1.54) is 0 Å². The molecule has 0 spiro atoms. The minimum absolute atomic E-state index is 0.0667. The van der Waals surface area contributed by atoms with Crippen LogP contribution in [-0.4, -0.2) is 70.3 Å². The van der Waals surface area contributed by atoms with Crippen molar-refractivity contribution in [2.45, 2.75) is 156 Å². The molecule has 11 nitrogen and oxygen atoms in total. The quantitative estimate of drug-likeness (QED) is 0.0849. The number of nitrogens with one attached hydrogen (secondary N) is 2. The fourth-order valence-corrected chi connectivity index (χ4v) is 13.6. The number of carbonyl (C=O) groups is 4. The Balaban J connectivity index is 1.45. The van der Waals surface area contributed by atoms with Crippen molar-refractivity contribution in [1.82, 2.24) is 10.6 Å². The van der Waals surface area contributed by atoms with Gasteiger partial charge in [0.15, 0.2) is 0 Å². The van der Waals surface area contributed by atoms with Gasteiger partial charge in [-0.3, -0.25) is 9.59 Å². The van der Waals surface area contributed by atoms with Crippen LogP contribution < -0.4 is 22.1 Å². The summed E-state index contributed by atoms with van der Waals surface area (Å²) in [6.07, 6.45) is 10.4. The van der Waals surface area contributed by atoms with Crippen LogP contribution in [0.1, 0.15) is 137 Å². The van der Waals surface area contributed by atoms with Gasteiger partial charge < -0.3 is 37.4 Å². The highest BCUT2D eigenvalue weighted by molar-refractivity contribution is 5.89. The smallest absolute Gasteiger partial charge is 0.326 e. The van der Waals surface area contributed by atoms with Gasteiger partial charge >= 0.3 is 11.9 Å². The molecule has 5 aliphatic carbocycles. The zero-order valence-electron chi connectivity index (χ0n) is 33.2.